The van der Waals surface area contributed by atoms with Crippen LogP contribution in [0.3, 0.4) is 0 Å². The lowest BCUT2D eigenvalue weighted by molar-refractivity contribution is 0.453. The average molecular weight is 405 g/mol. The molecule has 1 aromatic carbocycles. The Bertz CT molecular complexity index is 590. The summed E-state index contributed by atoms with van der Waals surface area (Å²) in [6, 6.07) is 4.31. The fourth-order valence-corrected chi connectivity index (χ4v) is 2.36. The third kappa shape index (κ3) is 3.89. The Balaban J connectivity index is 2.24. The quantitative estimate of drug-likeness (QED) is 0.780. The van der Waals surface area contributed by atoms with Crippen molar-refractivity contribution in [3.8, 4) is 11.6 Å². The fourth-order valence-electron chi connectivity index (χ4n) is 1.49. The van der Waals surface area contributed by atoms with E-state index in [1.807, 2.05) is 0 Å². The lowest BCUT2D eigenvalue weighted by Gasteiger charge is -2.10. The molecule has 0 atom stereocenters. The van der Waals surface area contributed by atoms with Crippen LogP contribution in [0.15, 0.2) is 33.5 Å². The van der Waals surface area contributed by atoms with Gasteiger partial charge in [-0.05, 0) is 34.5 Å². The van der Waals surface area contributed by atoms with Gasteiger partial charge in [0.1, 0.15) is 28.2 Å². The molecule has 2 rings (SSSR count). The number of hydrogen-bond acceptors (Lipinski definition) is 4. The molecule has 20 heavy (non-hydrogen) atoms. The monoisotopic (exact) mass is 403 g/mol. The molecule has 0 aliphatic heterocycles. The Labute approximate surface area is 133 Å². The third-order valence-corrected chi connectivity index (χ3v) is 3.52. The minimum atomic E-state index is -0.385. The molecular weight excluding hydrogens is 393 g/mol. The van der Waals surface area contributed by atoms with Crippen LogP contribution in [0.4, 0.5) is 10.2 Å². The van der Waals surface area contributed by atoms with Gasteiger partial charge in [-0.3, -0.25) is 0 Å². The molecule has 106 valence electrons. The van der Waals surface area contributed by atoms with Crippen molar-refractivity contribution >= 4 is 37.7 Å². The van der Waals surface area contributed by atoms with Gasteiger partial charge in [-0.15, -0.1) is 0 Å². The zero-order valence-corrected chi connectivity index (χ0v) is 13.8. The Morgan fingerprint density at radius 2 is 2.05 bits per heavy atom. The van der Waals surface area contributed by atoms with Gasteiger partial charge in [0.05, 0.1) is 0 Å². The van der Waals surface area contributed by atoms with Gasteiger partial charge in [0.2, 0.25) is 5.88 Å². The van der Waals surface area contributed by atoms with Crippen molar-refractivity contribution in [1.29, 1.82) is 0 Å². The van der Waals surface area contributed by atoms with Crippen LogP contribution in [-0.2, 0) is 0 Å². The van der Waals surface area contributed by atoms with Crippen LogP contribution in [0.2, 0.25) is 0 Å². The summed E-state index contributed by atoms with van der Waals surface area (Å²) in [5.41, 5.74) is 0. The van der Waals surface area contributed by atoms with E-state index in [1.165, 1.54) is 18.5 Å². The van der Waals surface area contributed by atoms with Gasteiger partial charge < -0.3 is 10.1 Å². The van der Waals surface area contributed by atoms with E-state index in [4.69, 9.17) is 4.74 Å². The van der Waals surface area contributed by atoms with Crippen LogP contribution < -0.4 is 10.1 Å². The van der Waals surface area contributed by atoms with E-state index in [-0.39, 0.29) is 5.82 Å². The van der Waals surface area contributed by atoms with E-state index in [2.05, 4.69) is 54.1 Å². The van der Waals surface area contributed by atoms with Gasteiger partial charge in [0.15, 0.2) is 0 Å². The van der Waals surface area contributed by atoms with E-state index >= 15 is 0 Å². The van der Waals surface area contributed by atoms with Crippen molar-refractivity contribution in [1.82, 2.24) is 9.97 Å². The summed E-state index contributed by atoms with van der Waals surface area (Å²) in [6.07, 6.45) is 2.37. The lowest BCUT2D eigenvalue weighted by Crippen LogP contribution is -2.04. The molecule has 7 heteroatoms. The third-order valence-electron chi connectivity index (χ3n) is 2.35. The number of ether oxygens (including phenoxy) is 1. The van der Waals surface area contributed by atoms with Crippen molar-refractivity contribution in [2.45, 2.75) is 13.3 Å². The number of nitrogens with one attached hydrogen (secondary N) is 1. The molecular formula is C13H12Br2FN3O. The first-order valence-corrected chi connectivity index (χ1v) is 7.57. The minimum Gasteiger partial charge on any atom is -0.438 e. The van der Waals surface area contributed by atoms with Crippen LogP contribution in [0.5, 0.6) is 11.6 Å². The number of hydrogen-bond donors (Lipinski definition) is 1. The number of rotatable bonds is 5. The number of aromatic nitrogens is 2. The highest BCUT2D eigenvalue weighted by Gasteiger charge is 2.11. The first-order chi connectivity index (χ1) is 9.60. The summed E-state index contributed by atoms with van der Waals surface area (Å²) < 4.78 is 20.1. The van der Waals surface area contributed by atoms with Crippen LogP contribution >= 0.6 is 31.9 Å². The minimum absolute atomic E-state index is 0.330. The summed E-state index contributed by atoms with van der Waals surface area (Å²) in [7, 11) is 0. The second-order valence-corrected chi connectivity index (χ2v) is 5.68. The smallest absolute Gasteiger partial charge is 0.238 e. The van der Waals surface area contributed by atoms with E-state index in [1.54, 1.807) is 6.07 Å². The summed E-state index contributed by atoms with van der Waals surface area (Å²) in [5, 5.41) is 3.15. The largest absolute Gasteiger partial charge is 0.438 e. The average Bonchev–Trinajstić information content (AvgIpc) is 2.38. The molecule has 0 radical (unpaired) electrons. The topological polar surface area (TPSA) is 47.0 Å². The first kappa shape index (κ1) is 15.2. The Morgan fingerprint density at radius 3 is 2.75 bits per heavy atom. The molecule has 1 aromatic heterocycles. The highest BCUT2D eigenvalue weighted by Crippen LogP contribution is 2.33. The van der Waals surface area contributed by atoms with E-state index < -0.39 is 0 Å². The number of nitrogens with zero attached hydrogens (tertiary/aromatic N) is 2. The molecule has 0 aliphatic carbocycles. The molecule has 1 N–H and O–H groups in total. The summed E-state index contributed by atoms with van der Waals surface area (Å²) in [4.78, 5) is 8.16. The number of benzene rings is 1. The zero-order chi connectivity index (χ0) is 14.5. The molecule has 0 unspecified atom stereocenters. The summed E-state index contributed by atoms with van der Waals surface area (Å²) in [5.74, 6) is 0.949. The molecule has 4 nitrogen and oxygen atoms in total. The van der Waals surface area contributed by atoms with E-state index in [0.29, 0.717) is 26.4 Å². The van der Waals surface area contributed by atoms with Crippen LogP contribution in [0.25, 0.3) is 0 Å². The maximum absolute atomic E-state index is 13.3. The second-order valence-electron chi connectivity index (χ2n) is 3.98. The first-order valence-electron chi connectivity index (χ1n) is 5.98. The molecule has 0 fully saturated rings. The predicted octanol–water partition coefficient (Wildman–Crippen LogP) is 4.75. The summed E-state index contributed by atoms with van der Waals surface area (Å²) >= 11 is 6.60. The standard InChI is InChI=1S/C13H12Br2FN3O/c1-2-3-17-12-11(15)13(19-7-18-12)20-10-5-8(14)4-9(16)6-10/h4-7H,2-3H2,1H3,(H,17,18,19). The lowest BCUT2D eigenvalue weighted by atomic mass is 10.3. The molecule has 0 spiro atoms. The number of halogens is 3. The highest BCUT2D eigenvalue weighted by atomic mass is 79.9. The number of anilines is 1. The summed E-state index contributed by atoms with van der Waals surface area (Å²) in [6.45, 7) is 2.85. The normalized spacial score (nSPS) is 10.4. The van der Waals surface area contributed by atoms with Gasteiger partial charge in [-0.1, -0.05) is 22.9 Å². The molecule has 0 bridgehead atoms. The van der Waals surface area contributed by atoms with Crippen LogP contribution in [-0.4, -0.2) is 16.5 Å². The second kappa shape index (κ2) is 6.99. The van der Waals surface area contributed by atoms with Gasteiger partial charge in [0.25, 0.3) is 0 Å². The van der Waals surface area contributed by atoms with Gasteiger partial charge in [-0.25, -0.2) is 14.4 Å². The van der Waals surface area contributed by atoms with Crippen molar-refractivity contribution in [2.24, 2.45) is 0 Å². The molecule has 0 saturated heterocycles. The van der Waals surface area contributed by atoms with Crippen molar-refractivity contribution in [2.75, 3.05) is 11.9 Å². The fraction of sp³-hybridized carbons (Fsp3) is 0.231. The Kier molecular flexibility index (Phi) is 5.31. The predicted molar refractivity (Wildman–Crippen MR) is 82.7 cm³/mol. The van der Waals surface area contributed by atoms with Crippen LogP contribution in [0, 0.1) is 5.82 Å². The SMILES string of the molecule is CCCNc1ncnc(Oc2cc(F)cc(Br)c2)c1Br. The van der Waals surface area contributed by atoms with Crippen molar-refractivity contribution in [3.63, 3.8) is 0 Å². The van der Waals surface area contributed by atoms with Gasteiger partial charge in [0, 0.05) is 17.1 Å². The van der Waals surface area contributed by atoms with E-state index in [0.717, 1.165) is 13.0 Å². The van der Waals surface area contributed by atoms with Crippen LogP contribution in [0.1, 0.15) is 13.3 Å². The molecule has 0 saturated carbocycles. The van der Waals surface area contributed by atoms with Gasteiger partial charge >= 0.3 is 0 Å². The maximum Gasteiger partial charge on any atom is 0.238 e. The highest BCUT2D eigenvalue weighted by molar-refractivity contribution is 9.11. The molecule has 0 aliphatic rings. The molecule has 0 amide bonds. The Morgan fingerprint density at radius 1 is 1.25 bits per heavy atom. The molecule has 2 aromatic rings. The van der Waals surface area contributed by atoms with E-state index in [9.17, 15) is 4.39 Å². The van der Waals surface area contributed by atoms with Crippen molar-refractivity contribution in [3.05, 3.63) is 39.3 Å². The Hall–Kier alpha value is -1.21. The maximum atomic E-state index is 13.3. The van der Waals surface area contributed by atoms with Crippen molar-refractivity contribution < 1.29 is 9.13 Å². The van der Waals surface area contributed by atoms with Gasteiger partial charge in [-0.2, -0.15) is 0 Å². The molecule has 1 heterocycles. The zero-order valence-electron chi connectivity index (χ0n) is 10.7.